The van der Waals surface area contributed by atoms with E-state index < -0.39 is 4.33 Å². The van der Waals surface area contributed by atoms with Crippen LogP contribution >= 0.6 is 23.2 Å². The van der Waals surface area contributed by atoms with E-state index >= 15 is 0 Å². The molecule has 1 aliphatic carbocycles. The molecule has 2 atom stereocenters. The van der Waals surface area contributed by atoms with E-state index in [0.29, 0.717) is 5.92 Å². The summed E-state index contributed by atoms with van der Waals surface area (Å²) in [5.74, 6) is 0.510. The number of hydrogen-bond donors (Lipinski definition) is 1. The van der Waals surface area contributed by atoms with Crippen LogP contribution in [0.2, 0.25) is 0 Å². The van der Waals surface area contributed by atoms with Gasteiger partial charge in [-0.25, -0.2) is 0 Å². The van der Waals surface area contributed by atoms with Crippen molar-refractivity contribution in [3.63, 3.8) is 0 Å². The average molecular weight is 237 g/mol. The molecule has 0 spiro atoms. The number of nitrogens with zero attached hydrogens (tertiary/aromatic N) is 1. The van der Waals surface area contributed by atoms with Gasteiger partial charge in [-0.2, -0.15) is 0 Å². The minimum atomic E-state index is -0.411. The third-order valence-electron chi connectivity index (χ3n) is 3.33. The Hall–Kier alpha value is 0.500. The summed E-state index contributed by atoms with van der Waals surface area (Å²) in [6, 6.07) is 0. The molecular weight excluding hydrogens is 219 g/mol. The number of alkyl halides is 2. The van der Waals surface area contributed by atoms with E-state index in [4.69, 9.17) is 28.9 Å². The Morgan fingerprint density at radius 3 is 2.57 bits per heavy atom. The van der Waals surface area contributed by atoms with Gasteiger partial charge in [0.15, 0.2) is 0 Å². The van der Waals surface area contributed by atoms with Gasteiger partial charge in [0, 0.05) is 12.1 Å². The molecule has 0 aromatic heterocycles. The van der Waals surface area contributed by atoms with Crippen LogP contribution in [0.25, 0.3) is 0 Å². The average Bonchev–Trinajstić information content (AvgIpc) is 2.48. The molecule has 0 aromatic carbocycles. The monoisotopic (exact) mass is 236 g/mol. The molecule has 2 fully saturated rings. The highest BCUT2D eigenvalue weighted by Crippen LogP contribution is 2.54. The molecule has 1 aliphatic heterocycles. The van der Waals surface area contributed by atoms with Crippen LogP contribution in [-0.4, -0.2) is 34.4 Å². The lowest BCUT2D eigenvalue weighted by Gasteiger charge is -2.19. The zero-order valence-electron chi connectivity index (χ0n) is 8.60. The molecule has 2 aliphatic rings. The quantitative estimate of drug-likeness (QED) is 0.760. The highest BCUT2D eigenvalue weighted by molar-refractivity contribution is 6.50. The molecule has 0 radical (unpaired) electrons. The van der Waals surface area contributed by atoms with Gasteiger partial charge in [-0.1, -0.05) is 0 Å². The van der Waals surface area contributed by atoms with E-state index in [1.807, 2.05) is 0 Å². The second-order valence-corrected chi connectivity index (χ2v) is 6.67. The minimum absolute atomic E-state index is 0.0164. The van der Waals surface area contributed by atoms with Crippen molar-refractivity contribution < 1.29 is 0 Å². The second kappa shape index (κ2) is 3.51. The topological polar surface area (TPSA) is 29.3 Å². The van der Waals surface area contributed by atoms with Crippen molar-refractivity contribution in [1.29, 1.82) is 0 Å². The van der Waals surface area contributed by atoms with Gasteiger partial charge in [0.2, 0.25) is 0 Å². The Bertz CT molecular complexity index is 228. The molecule has 0 amide bonds. The Labute approximate surface area is 95.7 Å². The zero-order chi connectivity index (χ0) is 10.4. The maximum atomic E-state index is 6.05. The summed E-state index contributed by atoms with van der Waals surface area (Å²) in [5.41, 5.74) is 6.07. The normalized spacial score (nSPS) is 41.6. The number of halogens is 2. The maximum absolute atomic E-state index is 6.05. The van der Waals surface area contributed by atoms with Gasteiger partial charge in [0.1, 0.15) is 4.33 Å². The van der Waals surface area contributed by atoms with Crippen LogP contribution in [0.5, 0.6) is 0 Å². The van der Waals surface area contributed by atoms with Crippen LogP contribution in [-0.2, 0) is 0 Å². The molecule has 1 saturated heterocycles. The van der Waals surface area contributed by atoms with Gasteiger partial charge >= 0.3 is 0 Å². The summed E-state index contributed by atoms with van der Waals surface area (Å²) in [5, 5.41) is 0. The third-order valence-corrected chi connectivity index (χ3v) is 4.26. The van der Waals surface area contributed by atoms with Gasteiger partial charge in [0.05, 0.1) is 0 Å². The molecule has 0 bridgehead atoms. The lowest BCUT2D eigenvalue weighted by molar-refractivity contribution is 0.306. The van der Waals surface area contributed by atoms with E-state index in [0.717, 1.165) is 38.9 Å². The predicted octanol–water partition coefficient (Wildman–Crippen LogP) is 1.99. The first-order valence-electron chi connectivity index (χ1n) is 5.28. The van der Waals surface area contributed by atoms with Gasteiger partial charge in [0.25, 0.3) is 0 Å². The summed E-state index contributed by atoms with van der Waals surface area (Å²) in [7, 11) is 0. The summed E-state index contributed by atoms with van der Waals surface area (Å²) >= 11 is 11.9. The minimum Gasteiger partial charge on any atom is -0.324 e. The molecule has 82 valence electrons. The Balaban J connectivity index is 1.68. The van der Waals surface area contributed by atoms with Crippen LogP contribution in [0.4, 0.5) is 0 Å². The second-order valence-electron chi connectivity index (χ2n) is 5.13. The van der Waals surface area contributed by atoms with E-state index in [-0.39, 0.29) is 5.54 Å². The van der Waals surface area contributed by atoms with Crippen molar-refractivity contribution in [2.75, 3.05) is 19.6 Å². The first-order chi connectivity index (χ1) is 6.39. The smallest absolute Gasteiger partial charge is 0.121 e. The largest absolute Gasteiger partial charge is 0.324 e. The van der Waals surface area contributed by atoms with Crippen LogP contribution in [0.3, 0.4) is 0 Å². The fraction of sp³-hybridized carbons (Fsp3) is 1.00. The summed E-state index contributed by atoms with van der Waals surface area (Å²) in [6.07, 6.45) is 3.18. The summed E-state index contributed by atoms with van der Waals surface area (Å²) in [6.45, 7) is 5.35. The first kappa shape index (κ1) is 11.0. The highest BCUT2D eigenvalue weighted by atomic mass is 35.5. The molecule has 14 heavy (non-hydrogen) atoms. The van der Waals surface area contributed by atoms with Crippen LogP contribution in [0.15, 0.2) is 0 Å². The SMILES string of the molecule is CC1(N)CCN(CCC2CC2(Cl)Cl)C1. The van der Waals surface area contributed by atoms with Crippen molar-refractivity contribution in [2.45, 2.75) is 36.1 Å². The predicted molar refractivity (Wildman–Crippen MR) is 60.8 cm³/mol. The lowest BCUT2D eigenvalue weighted by atomic mass is 10.0. The Kier molecular flexibility index (Phi) is 2.76. The van der Waals surface area contributed by atoms with Gasteiger partial charge < -0.3 is 10.6 Å². The molecule has 2 nitrogen and oxygen atoms in total. The fourth-order valence-electron chi connectivity index (χ4n) is 2.19. The molecule has 0 aromatic rings. The van der Waals surface area contributed by atoms with Crippen LogP contribution in [0, 0.1) is 5.92 Å². The lowest BCUT2D eigenvalue weighted by Crippen LogP contribution is -2.39. The molecule has 1 heterocycles. The summed E-state index contributed by atoms with van der Waals surface area (Å²) in [4.78, 5) is 2.42. The Morgan fingerprint density at radius 1 is 1.50 bits per heavy atom. The van der Waals surface area contributed by atoms with Crippen molar-refractivity contribution in [3.8, 4) is 0 Å². The van der Waals surface area contributed by atoms with E-state index in [1.165, 1.54) is 0 Å². The van der Waals surface area contributed by atoms with Crippen LogP contribution < -0.4 is 5.73 Å². The van der Waals surface area contributed by atoms with Crippen molar-refractivity contribution in [3.05, 3.63) is 0 Å². The molecule has 2 N–H and O–H groups in total. The van der Waals surface area contributed by atoms with E-state index in [2.05, 4.69) is 11.8 Å². The number of likely N-dealkylation sites (tertiary alicyclic amines) is 1. The standard InChI is InChI=1S/C10H18Cl2N2/c1-9(13)3-5-14(7-9)4-2-8-6-10(8,11)12/h8H,2-7,13H2,1H3. The first-order valence-corrected chi connectivity index (χ1v) is 6.04. The van der Waals surface area contributed by atoms with Crippen molar-refractivity contribution in [2.24, 2.45) is 11.7 Å². The van der Waals surface area contributed by atoms with Crippen LogP contribution in [0.1, 0.15) is 26.2 Å². The van der Waals surface area contributed by atoms with E-state index in [9.17, 15) is 0 Å². The van der Waals surface area contributed by atoms with Crippen molar-refractivity contribution in [1.82, 2.24) is 4.90 Å². The van der Waals surface area contributed by atoms with Gasteiger partial charge in [-0.3, -0.25) is 0 Å². The molecular formula is C10H18Cl2N2. The maximum Gasteiger partial charge on any atom is 0.121 e. The molecule has 1 saturated carbocycles. The number of nitrogens with two attached hydrogens (primary N) is 1. The van der Waals surface area contributed by atoms with Gasteiger partial charge in [-0.05, 0) is 45.2 Å². The van der Waals surface area contributed by atoms with E-state index in [1.54, 1.807) is 0 Å². The van der Waals surface area contributed by atoms with Gasteiger partial charge in [-0.15, -0.1) is 23.2 Å². The fourth-order valence-corrected chi connectivity index (χ4v) is 2.79. The molecule has 4 heteroatoms. The Morgan fingerprint density at radius 2 is 2.14 bits per heavy atom. The van der Waals surface area contributed by atoms with Crippen molar-refractivity contribution >= 4 is 23.2 Å². The number of hydrogen-bond acceptors (Lipinski definition) is 2. The zero-order valence-corrected chi connectivity index (χ0v) is 10.1. The highest BCUT2D eigenvalue weighted by Gasteiger charge is 2.51. The molecule has 2 rings (SSSR count). The third kappa shape index (κ3) is 2.54. The molecule has 2 unspecified atom stereocenters. The number of rotatable bonds is 3. The summed E-state index contributed by atoms with van der Waals surface area (Å²) < 4.78 is -0.411.